The van der Waals surface area contributed by atoms with Crippen LogP contribution in [0.4, 0.5) is 10.1 Å². The molecule has 27 heavy (non-hydrogen) atoms. The first-order valence-corrected chi connectivity index (χ1v) is 9.71. The summed E-state index contributed by atoms with van der Waals surface area (Å²) in [6.45, 7) is 2.04. The number of benzene rings is 2. The van der Waals surface area contributed by atoms with Gasteiger partial charge >= 0.3 is 0 Å². The van der Waals surface area contributed by atoms with Gasteiger partial charge in [0.05, 0.1) is 0 Å². The minimum Gasteiger partial charge on any atom is -0.312 e. The number of aromatic nitrogens is 1. The Balaban J connectivity index is 1.86. The minimum atomic E-state index is -0.208. The van der Waals surface area contributed by atoms with Crippen molar-refractivity contribution >= 4 is 33.3 Å². The Hall–Kier alpha value is -2.99. The molecular formula is C21H21N3O2S. The maximum absolute atomic E-state index is 12.6. The number of carbonyl (C=O) groups is 2. The molecule has 5 nitrogen and oxygen atoms in total. The standard InChI is InChI=1S/C21H21N3O2S/c1-2-3-14-17(25)22-21-23-18(15-10-6-4-7-11-15)20(27-21)24-19(26)16-12-8-5-9-13-16/h4-13H,2-3,14H2,1H3,(H,24,26)(H,22,23,25). The van der Waals surface area contributed by atoms with E-state index in [0.29, 0.717) is 27.8 Å². The van der Waals surface area contributed by atoms with Crippen molar-refractivity contribution in [2.24, 2.45) is 0 Å². The number of nitrogens with zero attached hydrogens (tertiary/aromatic N) is 1. The van der Waals surface area contributed by atoms with Crippen molar-refractivity contribution in [2.75, 3.05) is 10.6 Å². The molecule has 0 fully saturated rings. The third-order valence-electron chi connectivity index (χ3n) is 3.94. The molecule has 2 N–H and O–H groups in total. The highest BCUT2D eigenvalue weighted by atomic mass is 32.1. The lowest BCUT2D eigenvalue weighted by atomic mass is 10.1. The van der Waals surface area contributed by atoms with E-state index >= 15 is 0 Å². The van der Waals surface area contributed by atoms with Crippen molar-refractivity contribution in [1.82, 2.24) is 4.98 Å². The fraction of sp³-hybridized carbons (Fsp3) is 0.190. The van der Waals surface area contributed by atoms with Crippen LogP contribution in [0.25, 0.3) is 11.3 Å². The summed E-state index contributed by atoms with van der Waals surface area (Å²) in [7, 11) is 0. The Morgan fingerprint density at radius 2 is 1.63 bits per heavy atom. The smallest absolute Gasteiger partial charge is 0.256 e. The molecule has 0 bridgehead atoms. The highest BCUT2D eigenvalue weighted by Crippen LogP contribution is 2.36. The first-order chi connectivity index (χ1) is 13.2. The highest BCUT2D eigenvalue weighted by Gasteiger charge is 2.17. The van der Waals surface area contributed by atoms with Crippen molar-refractivity contribution in [3.05, 3.63) is 66.2 Å². The number of carbonyl (C=O) groups excluding carboxylic acids is 2. The monoisotopic (exact) mass is 379 g/mol. The van der Waals surface area contributed by atoms with Gasteiger partial charge in [0.1, 0.15) is 10.7 Å². The van der Waals surface area contributed by atoms with Gasteiger partial charge in [-0.05, 0) is 18.6 Å². The fourth-order valence-electron chi connectivity index (χ4n) is 2.53. The summed E-state index contributed by atoms with van der Waals surface area (Å²) in [6, 6.07) is 18.6. The molecule has 0 aliphatic rings. The average molecular weight is 379 g/mol. The van der Waals surface area contributed by atoms with Gasteiger partial charge in [-0.2, -0.15) is 0 Å². The van der Waals surface area contributed by atoms with Crippen LogP contribution in [0.5, 0.6) is 0 Å². The van der Waals surface area contributed by atoms with Crippen LogP contribution in [0.15, 0.2) is 60.7 Å². The quantitative estimate of drug-likeness (QED) is 0.593. The van der Waals surface area contributed by atoms with Gasteiger partial charge in [0.2, 0.25) is 5.91 Å². The number of rotatable bonds is 7. The Morgan fingerprint density at radius 3 is 2.30 bits per heavy atom. The first-order valence-electron chi connectivity index (χ1n) is 8.90. The van der Waals surface area contributed by atoms with Crippen molar-refractivity contribution < 1.29 is 9.59 Å². The normalized spacial score (nSPS) is 10.4. The minimum absolute atomic E-state index is 0.0638. The van der Waals surface area contributed by atoms with E-state index in [1.165, 1.54) is 11.3 Å². The van der Waals surface area contributed by atoms with Crippen LogP contribution < -0.4 is 10.6 Å². The SMILES string of the molecule is CCCCC(=O)Nc1nc(-c2ccccc2)c(NC(=O)c2ccccc2)s1. The van der Waals surface area contributed by atoms with Gasteiger partial charge in [0.15, 0.2) is 5.13 Å². The zero-order valence-corrected chi connectivity index (χ0v) is 15.9. The molecule has 2 amide bonds. The molecule has 2 aromatic carbocycles. The molecule has 0 unspecified atom stereocenters. The Kier molecular flexibility index (Phi) is 6.33. The summed E-state index contributed by atoms with van der Waals surface area (Å²) in [5, 5.41) is 6.86. The third-order valence-corrected chi connectivity index (χ3v) is 4.83. The highest BCUT2D eigenvalue weighted by molar-refractivity contribution is 7.20. The Morgan fingerprint density at radius 1 is 0.963 bits per heavy atom. The van der Waals surface area contributed by atoms with Crippen LogP contribution in [0, 0.1) is 0 Å². The van der Waals surface area contributed by atoms with Crippen molar-refractivity contribution in [3.8, 4) is 11.3 Å². The fourth-order valence-corrected chi connectivity index (χ4v) is 3.43. The lowest BCUT2D eigenvalue weighted by molar-refractivity contribution is -0.116. The maximum Gasteiger partial charge on any atom is 0.256 e. The van der Waals surface area contributed by atoms with Crippen LogP contribution in [0.3, 0.4) is 0 Å². The molecule has 0 radical (unpaired) electrons. The van der Waals surface area contributed by atoms with Crippen LogP contribution in [-0.2, 0) is 4.79 Å². The third kappa shape index (κ3) is 5.01. The molecule has 6 heteroatoms. The molecule has 0 spiro atoms. The van der Waals surface area contributed by atoms with Crippen molar-refractivity contribution in [3.63, 3.8) is 0 Å². The summed E-state index contributed by atoms with van der Waals surface area (Å²) in [6.07, 6.45) is 2.25. The van der Waals surface area contributed by atoms with Gasteiger partial charge in [-0.1, -0.05) is 73.2 Å². The number of anilines is 2. The Bertz CT molecular complexity index is 908. The molecule has 0 atom stereocenters. The maximum atomic E-state index is 12.6. The molecule has 138 valence electrons. The largest absolute Gasteiger partial charge is 0.312 e. The molecule has 0 saturated carbocycles. The summed E-state index contributed by atoms with van der Waals surface area (Å²) in [4.78, 5) is 29.1. The van der Waals surface area contributed by atoms with Crippen molar-refractivity contribution in [2.45, 2.75) is 26.2 Å². The molecule has 1 aromatic heterocycles. The molecule has 0 saturated heterocycles. The molecule has 1 heterocycles. The van der Waals surface area contributed by atoms with Gasteiger partial charge in [0.25, 0.3) is 5.91 Å². The van der Waals surface area contributed by atoms with Crippen LogP contribution >= 0.6 is 11.3 Å². The van der Waals surface area contributed by atoms with Gasteiger partial charge in [-0.15, -0.1) is 0 Å². The summed E-state index contributed by atoms with van der Waals surface area (Å²) in [5.41, 5.74) is 2.10. The number of thiazole rings is 1. The predicted molar refractivity (Wildman–Crippen MR) is 110 cm³/mol. The molecule has 3 aromatic rings. The van der Waals surface area contributed by atoms with E-state index in [4.69, 9.17) is 0 Å². The number of amides is 2. The average Bonchev–Trinajstić information content (AvgIpc) is 3.09. The lowest BCUT2D eigenvalue weighted by Crippen LogP contribution is -2.11. The van der Waals surface area contributed by atoms with Crippen molar-refractivity contribution in [1.29, 1.82) is 0 Å². The van der Waals surface area contributed by atoms with E-state index in [1.807, 2.05) is 55.5 Å². The number of hydrogen-bond donors (Lipinski definition) is 2. The van der Waals surface area contributed by atoms with Gasteiger partial charge in [-0.25, -0.2) is 4.98 Å². The second kappa shape index (κ2) is 9.09. The van der Waals surface area contributed by atoms with E-state index in [0.717, 1.165) is 18.4 Å². The van der Waals surface area contributed by atoms with E-state index < -0.39 is 0 Å². The lowest BCUT2D eigenvalue weighted by Gasteiger charge is -2.05. The predicted octanol–water partition coefficient (Wildman–Crippen LogP) is 5.19. The number of nitrogens with one attached hydrogen (secondary N) is 2. The van der Waals surface area contributed by atoms with Gasteiger partial charge in [0, 0.05) is 17.5 Å². The molecule has 3 rings (SSSR count). The van der Waals surface area contributed by atoms with E-state index in [1.54, 1.807) is 12.1 Å². The van der Waals surface area contributed by atoms with Crippen LogP contribution in [0.1, 0.15) is 36.5 Å². The first kappa shape index (κ1) is 18.8. The zero-order valence-electron chi connectivity index (χ0n) is 15.1. The van der Waals surface area contributed by atoms with Gasteiger partial charge in [-0.3, -0.25) is 9.59 Å². The molecule has 0 aliphatic heterocycles. The second-order valence-corrected chi connectivity index (χ2v) is 7.03. The van der Waals surface area contributed by atoms with Crippen LogP contribution in [-0.4, -0.2) is 16.8 Å². The van der Waals surface area contributed by atoms with Crippen LogP contribution in [0.2, 0.25) is 0 Å². The zero-order chi connectivity index (χ0) is 19.1. The summed E-state index contributed by atoms with van der Waals surface area (Å²) >= 11 is 1.26. The summed E-state index contributed by atoms with van der Waals surface area (Å²) < 4.78 is 0. The second-order valence-electron chi connectivity index (χ2n) is 6.03. The summed E-state index contributed by atoms with van der Waals surface area (Å²) in [5.74, 6) is -0.272. The number of hydrogen-bond acceptors (Lipinski definition) is 4. The number of unbranched alkanes of at least 4 members (excludes halogenated alkanes) is 1. The molecule has 0 aliphatic carbocycles. The van der Waals surface area contributed by atoms with E-state index in [9.17, 15) is 9.59 Å². The topological polar surface area (TPSA) is 71.1 Å². The van der Waals surface area contributed by atoms with E-state index in [-0.39, 0.29) is 11.8 Å². The molecular weight excluding hydrogens is 358 g/mol. The van der Waals surface area contributed by atoms with E-state index in [2.05, 4.69) is 15.6 Å². The van der Waals surface area contributed by atoms with Gasteiger partial charge < -0.3 is 10.6 Å². The Labute approximate surface area is 162 Å².